The number of piperazine rings is 1. The minimum Gasteiger partial charge on any atom is -0.366 e. The molecule has 6 nitrogen and oxygen atoms in total. The van der Waals surface area contributed by atoms with Crippen LogP contribution in [0.25, 0.3) is 0 Å². The van der Waals surface area contributed by atoms with Crippen molar-refractivity contribution in [2.75, 3.05) is 41.3 Å². The van der Waals surface area contributed by atoms with Gasteiger partial charge in [0.2, 0.25) is 5.95 Å². The Balaban J connectivity index is 1.37. The van der Waals surface area contributed by atoms with E-state index in [-0.39, 0.29) is 5.82 Å². The van der Waals surface area contributed by atoms with Crippen LogP contribution in [-0.2, 0) is 6.54 Å². The van der Waals surface area contributed by atoms with Crippen LogP contribution in [0, 0.1) is 5.82 Å². The number of nitrogens with one attached hydrogen (secondary N) is 1. The van der Waals surface area contributed by atoms with Crippen molar-refractivity contribution in [3.63, 3.8) is 0 Å². The normalized spacial score (nSPS) is 14.3. The first-order valence-corrected chi connectivity index (χ1v) is 9.01. The number of halogens is 1. The highest BCUT2D eigenvalue weighted by Crippen LogP contribution is 2.17. The summed E-state index contributed by atoms with van der Waals surface area (Å²) in [7, 11) is 0. The molecule has 1 aromatic carbocycles. The first-order chi connectivity index (χ1) is 13.3. The molecule has 1 N–H and O–H groups in total. The SMILES string of the molecule is Fc1ccccc1CNc1ccnc(N2CCN(c3ccccn3)CC2)n1. The molecule has 1 aliphatic rings. The van der Waals surface area contributed by atoms with Gasteiger partial charge in [-0.3, -0.25) is 0 Å². The Morgan fingerprint density at radius 2 is 1.63 bits per heavy atom. The Morgan fingerprint density at radius 3 is 2.41 bits per heavy atom. The number of hydrogen-bond donors (Lipinski definition) is 1. The summed E-state index contributed by atoms with van der Waals surface area (Å²) >= 11 is 0. The smallest absolute Gasteiger partial charge is 0.227 e. The molecule has 138 valence electrons. The van der Waals surface area contributed by atoms with Crippen LogP contribution in [0.3, 0.4) is 0 Å². The van der Waals surface area contributed by atoms with Crippen molar-refractivity contribution in [2.24, 2.45) is 0 Å². The van der Waals surface area contributed by atoms with Crippen LogP contribution in [0.4, 0.5) is 22.0 Å². The van der Waals surface area contributed by atoms with E-state index in [2.05, 4.69) is 30.1 Å². The lowest BCUT2D eigenvalue weighted by Gasteiger charge is -2.35. The van der Waals surface area contributed by atoms with Gasteiger partial charge in [-0.05, 0) is 24.3 Å². The van der Waals surface area contributed by atoms with Crippen LogP contribution >= 0.6 is 0 Å². The maximum atomic E-state index is 13.7. The van der Waals surface area contributed by atoms with E-state index in [1.54, 1.807) is 24.4 Å². The molecule has 3 aromatic rings. The summed E-state index contributed by atoms with van der Waals surface area (Å²) in [5.41, 5.74) is 0.613. The fourth-order valence-corrected chi connectivity index (χ4v) is 3.10. The molecule has 0 spiro atoms. The molecular weight excluding hydrogens is 343 g/mol. The minimum atomic E-state index is -0.218. The van der Waals surface area contributed by atoms with Crippen LogP contribution in [0.1, 0.15) is 5.56 Å². The molecule has 0 bridgehead atoms. The first kappa shape index (κ1) is 17.2. The summed E-state index contributed by atoms with van der Waals surface area (Å²) in [6, 6.07) is 14.5. The lowest BCUT2D eigenvalue weighted by atomic mass is 10.2. The number of aromatic nitrogens is 3. The van der Waals surface area contributed by atoms with Gasteiger partial charge in [0, 0.05) is 50.7 Å². The summed E-state index contributed by atoms with van der Waals surface area (Å²) in [4.78, 5) is 17.8. The second kappa shape index (κ2) is 7.99. The largest absolute Gasteiger partial charge is 0.366 e. The Labute approximate surface area is 157 Å². The van der Waals surface area contributed by atoms with Gasteiger partial charge in [0.1, 0.15) is 17.5 Å². The molecule has 2 aromatic heterocycles. The van der Waals surface area contributed by atoms with Crippen LogP contribution in [0.15, 0.2) is 60.9 Å². The van der Waals surface area contributed by atoms with E-state index in [4.69, 9.17) is 0 Å². The van der Waals surface area contributed by atoms with Gasteiger partial charge in [0.15, 0.2) is 0 Å². The van der Waals surface area contributed by atoms with E-state index >= 15 is 0 Å². The number of rotatable bonds is 5. The quantitative estimate of drug-likeness (QED) is 0.751. The fourth-order valence-electron chi connectivity index (χ4n) is 3.10. The molecule has 27 heavy (non-hydrogen) atoms. The van der Waals surface area contributed by atoms with Crippen LogP contribution in [-0.4, -0.2) is 41.1 Å². The highest BCUT2D eigenvalue weighted by molar-refractivity contribution is 5.45. The van der Waals surface area contributed by atoms with E-state index < -0.39 is 0 Å². The highest BCUT2D eigenvalue weighted by atomic mass is 19.1. The van der Waals surface area contributed by atoms with Crippen molar-refractivity contribution < 1.29 is 4.39 Å². The second-order valence-electron chi connectivity index (χ2n) is 6.35. The standard InChI is InChI=1S/C20H21FN6/c21-17-6-2-1-5-16(17)15-24-18-8-10-23-20(25-18)27-13-11-26(12-14-27)19-7-3-4-9-22-19/h1-10H,11-15H2,(H,23,24,25). The molecule has 1 aliphatic heterocycles. The lowest BCUT2D eigenvalue weighted by molar-refractivity contribution is 0.612. The third-order valence-corrected chi connectivity index (χ3v) is 4.60. The first-order valence-electron chi connectivity index (χ1n) is 9.01. The third kappa shape index (κ3) is 4.13. The monoisotopic (exact) mass is 364 g/mol. The summed E-state index contributed by atoms with van der Waals surface area (Å²) in [5, 5.41) is 3.18. The number of nitrogens with zero attached hydrogens (tertiary/aromatic N) is 5. The van der Waals surface area contributed by atoms with Crippen LogP contribution in [0.2, 0.25) is 0 Å². The van der Waals surface area contributed by atoms with Crippen molar-refractivity contribution in [3.05, 3.63) is 72.3 Å². The van der Waals surface area contributed by atoms with E-state index in [0.717, 1.165) is 32.0 Å². The molecule has 0 amide bonds. The van der Waals surface area contributed by atoms with Gasteiger partial charge in [-0.15, -0.1) is 0 Å². The Hall–Kier alpha value is -3.22. The zero-order valence-corrected chi connectivity index (χ0v) is 14.9. The number of hydrogen-bond acceptors (Lipinski definition) is 6. The van der Waals surface area contributed by atoms with Gasteiger partial charge in [0.25, 0.3) is 0 Å². The van der Waals surface area contributed by atoms with Gasteiger partial charge >= 0.3 is 0 Å². The Bertz CT molecular complexity index is 880. The maximum Gasteiger partial charge on any atom is 0.227 e. The molecule has 4 rings (SSSR count). The van der Waals surface area contributed by atoms with Gasteiger partial charge in [0.05, 0.1) is 0 Å². The van der Waals surface area contributed by atoms with E-state index in [1.807, 2.05) is 30.5 Å². The zero-order chi connectivity index (χ0) is 18.5. The van der Waals surface area contributed by atoms with Crippen molar-refractivity contribution >= 4 is 17.6 Å². The van der Waals surface area contributed by atoms with Crippen LogP contribution in [0.5, 0.6) is 0 Å². The maximum absolute atomic E-state index is 13.7. The Morgan fingerprint density at radius 1 is 0.852 bits per heavy atom. The molecular formula is C20H21FN6. The average molecular weight is 364 g/mol. The van der Waals surface area contributed by atoms with E-state index in [1.165, 1.54) is 6.07 Å². The molecule has 3 heterocycles. The highest BCUT2D eigenvalue weighted by Gasteiger charge is 2.20. The van der Waals surface area contributed by atoms with Crippen molar-refractivity contribution in [1.82, 2.24) is 15.0 Å². The number of benzene rings is 1. The van der Waals surface area contributed by atoms with Gasteiger partial charge in [-0.1, -0.05) is 24.3 Å². The molecule has 0 atom stereocenters. The van der Waals surface area contributed by atoms with E-state index in [9.17, 15) is 4.39 Å². The summed E-state index contributed by atoms with van der Waals surface area (Å²) in [6.07, 6.45) is 3.55. The molecule has 1 saturated heterocycles. The summed E-state index contributed by atoms with van der Waals surface area (Å²) < 4.78 is 13.7. The molecule has 0 saturated carbocycles. The predicted molar refractivity (Wildman–Crippen MR) is 104 cm³/mol. The van der Waals surface area contributed by atoms with Gasteiger partial charge < -0.3 is 15.1 Å². The van der Waals surface area contributed by atoms with Gasteiger partial charge in [-0.2, -0.15) is 4.98 Å². The number of anilines is 3. The Kier molecular flexibility index (Phi) is 5.09. The van der Waals surface area contributed by atoms with Crippen molar-refractivity contribution in [2.45, 2.75) is 6.54 Å². The third-order valence-electron chi connectivity index (χ3n) is 4.60. The summed E-state index contributed by atoms with van der Waals surface area (Å²) in [5.74, 6) is 2.16. The molecule has 1 fully saturated rings. The zero-order valence-electron chi connectivity index (χ0n) is 14.9. The van der Waals surface area contributed by atoms with Crippen LogP contribution < -0.4 is 15.1 Å². The summed E-state index contributed by atoms with van der Waals surface area (Å²) in [6.45, 7) is 3.78. The van der Waals surface area contributed by atoms with Crippen molar-refractivity contribution in [1.29, 1.82) is 0 Å². The molecule has 0 unspecified atom stereocenters. The average Bonchev–Trinajstić information content (AvgIpc) is 2.74. The second-order valence-corrected chi connectivity index (χ2v) is 6.35. The molecule has 0 radical (unpaired) electrons. The van der Waals surface area contributed by atoms with Crippen molar-refractivity contribution in [3.8, 4) is 0 Å². The molecule has 7 heteroatoms. The topological polar surface area (TPSA) is 57.2 Å². The minimum absolute atomic E-state index is 0.218. The van der Waals surface area contributed by atoms with Gasteiger partial charge in [-0.25, -0.2) is 14.4 Å². The van der Waals surface area contributed by atoms with E-state index in [0.29, 0.717) is 23.9 Å². The lowest BCUT2D eigenvalue weighted by Crippen LogP contribution is -2.47. The number of pyridine rings is 1. The fraction of sp³-hybridized carbons (Fsp3) is 0.250. The molecule has 0 aliphatic carbocycles. The predicted octanol–water partition coefficient (Wildman–Crippen LogP) is 2.95.